The fraction of sp³-hybridized carbons (Fsp3) is 0.286. The molecule has 1 fully saturated rings. The number of benzene rings is 1. The molecule has 1 aromatic heterocycles. The quantitative estimate of drug-likeness (QED) is 0.930. The van der Waals surface area contributed by atoms with Gasteiger partial charge in [-0.15, -0.1) is 10.2 Å². The molecule has 6 nitrogen and oxygen atoms in total. The zero-order valence-corrected chi connectivity index (χ0v) is 12.6. The van der Waals surface area contributed by atoms with Crippen molar-refractivity contribution < 1.29 is 14.0 Å². The molecule has 2 aromatic rings. The highest BCUT2D eigenvalue weighted by molar-refractivity contribution is 7.13. The molecule has 8 heteroatoms. The average Bonchev–Trinajstić information content (AvgIpc) is 3.07. The lowest BCUT2D eigenvalue weighted by atomic mass is 10.2. The van der Waals surface area contributed by atoms with Gasteiger partial charge in [-0.3, -0.25) is 9.59 Å². The van der Waals surface area contributed by atoms with Crippen LogP contribution in [0, 0.1) is 12.7 Å². The summed E-state index contributed by atoms with van der Waals surface area (Å²) < 4.78 is 13.8. The lowest BCUT2D eigenvalue weighted by molar-refractivity contribution is -0.118. The predicted molar refractivity (Wildman–Crippen MR) is 79.3 cm³/mol. The number of nitrogens with zero attached hydrogens (tertiary/aromatic N) is 3. The van der Waals surface area contributed by atoms with Gasteiger partial charge in [0.05, 0.1) is 5.69 Å². The summed E-state index contributed by atoms with van der Waals surface area (Å²) in [4.78, 5) is 25.7. The Hall–Kier alpha value is -2.35. The molecule has 0 aliphatic carbocycles. The van der Waals surface area contributed by atoms with E-state index in [2.05, 4.69) is 15.5 Å². The van der Waals surface area contributed by atoms with Crippen molar-refractivity contribution in [3.8, 4) is 0 Å². The number of carbonyl (C=O) groups excluding carboxylic acids is 2. The van der Waals surface area contributed by atoms with Gasteiger partial charge in [-0.25, -0.2) is 4.39 Å². The Kier molecular flexibility index (Phi) is 3.84. The first-order valence-electron chi connectivity index (χ1n) is 6.73. The number of anilines is 1. The van der Waals surface area contributed by atoms with Gasteiger partial charge in [-0.1, -0.05) is 23.5 Å². The maximum atomic E-state index is 13.8. The largest absolute Gasteiger partial charge is 0.338 e. The van der Waals surface area contributed by atoms with Crippen LogP contribution in [0.15, 0.2) is 24.3 Å². The van der Waals surface area contributed by atoms with E-state index in [0.717, 1.165) is 11.3 Å². The second-order valence-corrected chi connectivity index (χ2v) is 6.06. The minimum Gasteiger partial charge on any atom is -0.338 e. The van der Waals surface area contributed by atoms with Crippen molar-refractivity contribution in [3.05, 3.63) is 40.1 Å². The Morgan fingerprint density at radius 2 is 2.18 bits per heavy atom. The fourth-order valence-electron chi connectivity index (χ4n) is 2.33. The van der Waals surface area contributed by atoms with Crippen LogP contribution in [-0.2, 0) is 4.79 Å². The number of hydrogen-bond acceptors (Lipinski definition) is 5. The molecule has 0 spiro atoms. The minimum atomic E-state index is -0.670. The van der Waals surface area contributed by atoms with E-state index in [1.807, 2.05) is 0 Å². The van der Waals surface area contributed by atoms with Crippen LogP contribution in [0.5, 0.6) is 0 Å². The van der Waals surface area contributed by atoms with Crippen molar-refractivity contribution in [3.63, 3.8) is 0 Å². The van der Waals surface area contributed by atoms with Crippen LogP contribution in [0.2, 0.25) is 0 Å². The number of aryl methyl sites for hydroxylation is 1. The molecule has 1 unspecified atom stereocenters. The van der Waals surface area contributed by atoms with Gasteiger partial charge in [0.1, 0.15) is 16.9 Å². The Bertz CT molecular complexity index is 733. The monoisotopic (exact) mass is 320 g/mol. The summed E-state index contributed by atoms with van der Waals surface area (Å²) in [5, 5.41) is 11.0. The highest BCUT2D eigenvalue weighted by Crippen LogP contribution is 2.24. The van der Waals surface area contributed by atoms with Crippen molar-refractivity contribution in [2.45, 2.75) is 19.4 Å². The van der Waals surface area contributed by atoms with Crippen molar-refractivity contribution >= 4 is 28.8 Å². The molecule has 0 saturated carbocycles. The SMILES string of the molecule is Cc1nnc(C(=O)NC2CCN(c3ccccc3F)C2=O)s1. The van der Waals surface area contributed by atoms with Gasteiger partial charge in [-0.2, -0.15) is 0 Å². The number of nitrogens with one attached hydrogen (secondary N) is 1. The highest BCUT2D eigenvalue weighted by Gasteiger charge is 2.35. The van der Waals surface area contributed by atoms with Gasteiger partial charge < -0.3 is 10.2 Å². The summed E-state index contributed by atoms with van der Waals surface area (Å²) in [6.45, 7) is 2.11. The van der Waals surface area contributed by atoms with Gasteiger partial charge in [0.15, 0.2) is 0 Å². The van der Waals surface area contributed by atoms with E-state index in [1.54, 1.807) is 25.1 Å². The van der Waals surface area contributed by atoms with Gasteiger partial charge in [0.2, 0.25) is 10.9 Å². The number of halogens is 1. The number of rotatable bonds is 3. The Balaban J connectivity index is 1.72. The normalized spacial score (nSPS) is 17.8. The van der Waals surface area contributed by atoms with Crippen molar-refractivity contribution in [1.82, 2.24) is 15.5 Å². The van der Waals surface area contributed by atoms with E-state index < -0.39 is 17.8 Å². The summed E-state index contributed by atoms with van der Waals surface area (Å²) in [5.41, 5.74) is 0.232. The lowest BCUT2D eigenvalue weighted by Gasteiger charge is -2.17. The maximum absolute atomic E-state index is 13.8. The molecule has 1 aromatic carbocycles. The average molecular weight is 320 g/mol. The molecule has 1 N–H and O–H groups in total. The van der Waals surface area contributed by atoms with Crippen LogP contribution in [-0.4, -0.2) is 34.6 Å². The topological polar surface area (TPSA) is 75.2 Å². The fourth-order valence-corrected chi connectivity index (χ4v) is 2.93. The summed E-state index contributed by atoms with van der Waals surface area (Å²) >= 11 is 1.16. The van der Waals surface area contributed by atoms with Gasteiger partial charge in [-0.05, 0) is 25.5 Å². The first-order valence-corrected chi connectivity index (χ1v) is 7.55. The first-order chi connectivity index (χ1) is 10.6. The second-order valence-electron chi connectivity index (χ2n) is 4.88. The molecule has 1 atom stereocenters. The zero-order valence-electron chi connectivity index (χ0n) is 11.7. The van der Waals surface area contributed by atoms with Crippen LogP contribution < -0.4 is 10.2 Å². The first kappa shape index (κ1) is 14.6. The number of carbonyl (C=O) groups is 2. The zero-order chi connectivity index (χ0) is 15.7. The minimum absolute atomic E-state index is 0.217. The molecule has 22 heavy (non-hydrogen) atoms. The summed E-state index contributed by atoms with van der Waals surface area (Å²) in [6, 6.07) is 5.42. The van der Waals surface area contributed by atoms with Gasteiger partial charge >= 0.3 is 0 Å². The van der Waals surface area contributed by atoms with Gasteiger partial charge in [0.25, 0.3) is 5.91 Å². The standard InChI is InChI=1S/C14H13FN4O2S/c1-8-17-18-13(22-8)12(20)16-10-6-7-19(14(10)21)11-5-3-2-4-9(11)15/h2-5,10H,6-7H2,1H3,(H,16,20). The van der Waals surface area contributed by atoms with E-state index in [4.69, 9.17) is 0 Å². The lowest BCUT2D eigenvalue weighted by Crippen LogP contribution is -2.41. The maximum Gasteiger partial charge on any atom is 0.282 e. The van der Waals surface area contributed by atoms with Crippen LogP contribution in [0.3, 0.4) is 0 Å². The molecule has 114 valence electrons. The number of aromatic nitrogens is 2. The van der Waals surface area contributed by atoms with Crippen LogP contribution in [0.25, 0.3) is 0 Å². The molecule has 1 aliphatic rings. The molecular weight excluding hydrogens is 307 g/mol. The molecular formula is C14H13FN4O2S. The number of hydrogen-bond donors (Lipinski definition) is 1. The molecule has 1 aliphatic heterocycles. The van der Waals surface area contributed by atoms with E-state index in [1.165, 1.54) is 11.0 Å². The number of para-hydroxylation sites is 1. The number of amides is 2. The highest BCUT2D eigenvalue weighted by atomic mass is 32.1. The molecule has 1 saturated heterocycles. The van der Waals surface area contributed by atoms with Crippen molar-refractivity contribution in [2.75, 3.05) is 11.4 Å². The van der Waals surface area contributed by atoms with Crippen LogP contribution in [0.1, 0.15) is 21.2 Å². The predicted octanol–water partition coefficient (Wildman–Crippen LogP) is 1.52. The Morgan fingerprint density at radius 3 is 2.86 bits per heavy atom. The second kappa shape index (κ2) is 5.80. The Labute approximate surface area is 130 Å². The van der Waals surface area contributed by atoms with Crippen molar-refractivity contribution in [1.29, 1.82) is 0 Å². The van der Waals surface area contributed by atoms with Crippen LogP contribution in [0.4, 0.5) is 10.1 Å². The third kappa shape index (κ3) is 2.69. The molecule has 2 heterocycles. The van der Waals surface area contributed by atoms with Gasteiger partial charge in [0, 0.05) is 6.54 Å². The third-order valence-electron chi connectivity index (χ3n) is 3.37. The molecule has 0 radical (unpaired) electrons. The molecule has 2 amide bonds. The van der Waals surface area contributed by atoms with E-state index >= 15 is 0 Å². The summed E-state index contributed by atoms with van der Waals surface area (Å²) in [7, 11) is 0. The third-order valence-corrected chi connectivity index (χ3v) is 4.21. The summed E-state index contributed by atoms with van der Waals surface area (Å²) in [6.07, 6.45) is 0.427. The summed E-state index contributed by atoms with van der Waals surface area (Å²) in [5.74, 6) is -1.21. The molecule has 3 rings (SSSR count). The van der Waals surface area contributed by atoms with E-state index in [9.17, 15) is 14.0 Å². The van der Waals surface area contributed by atoms with Crippen molar-refractivity contribution in [2.24, 2.45) is 0 Å². The van der Waals surface area contributed by atoms with Crippen LogP contribution >= 0.6 is 11.3 Å². The Morgan fingerprint density at radius 1 is 1.41 bits per heavy atom. The van der Waals surface area contributed by atoms with E-state index in [0.29, 0.717) is 18.0 Å². The smallest absolute Gasteiger partial charge is 0.282 e. The van der Waals surface area contributed by atoms with E-state index in [-0.39, 0.29) is 16.6 Å². The molecule has 0 bridgehead atoms.